The largest absolute Gasteiger partial charge is 0.503 e. The van der Waals surface area contributed by atoms with Gasteiger partial charge in [-0.2, -0.15) is 0 Å². The van der Waals surface area contributed by atoms with E-state index in [-0.39, 0.29) is 11.3 Å². The number of hydrogen-bond acceptors (Lipinski definition) is 9. The van der Waals surface area contributed by atoms with Crippen LogP contribution in [0.3, 0.4) is 0 Å². The molecule has 10 heteroatoms. The summed E-state index contributed by atoms with van der Waals surface area (Å²) in [4.78, 5) is 32.8. The molecule has 2 aromatic carbocycles. The second-order valence-electron chi connectivity index (χ2n) is 8.94. The highest BCUT2D eigenvalue weighted by Gasteiger charge is 2.46. The Morgan fingerprint density at radius 2 is 1.92 bits per heavy atom. The van der Waals surface area contributed by atoms with Crippen LogP contribution in [0.4, 0.5) is 5.13 Å². The number of carbonyl (C=O) groups excluding carboxylic acids is 2. The first-order valence-corrected chi connectivity index (χ1v) is 13.4. The number of unbranched alkanes of at least 4 members (excludes halogenated alkanes) is 2. The van der Waals surface area contributed by atoms with Crippen LogP contribution in [0.2, 0.25) is 0 Å². The van der Waals surface area contributed by atoms with Crippen molar-refractivity contribution >= 4 is 39.1 Å². The number of para-hydroxylation sites is 1. The zero-order chi connectivity index (χ0) is 27.5. The van der Waals surface area contributed by atoms with E-state index >= 15 is 0 Å². The number of hydrogen-bond donors (Lipinski definition) is 1. The van der Waals surface area contributed by atoms with Crippen molar-refractivity contribution in [2.24, 2.45) is 0 Å². The van der Waals surface area contributed by atoms with Gasteiger partial charge in [-0.05, 0) is 36.2 Å². The molecular weight excluding hydrogens is 520 g/mol. The van der Waals surface area contributed by atoms with Crippen LogP contribution in [0, 0.1) is 0 Å². The summed E-state index contributed by atoms with van der Waals surface area (Å²) in [7, 11) is 3.03. The van der Waals surface area contributed by atoms with Gasteiger partial charge in [-0.25, -0.2) is 4.98 Å². The van der Waals surface area contributed by atoms with Crippen molar-refractivity contribution < 1.29 is 33.3 Å². The number of benzene rings is 2. The minimum Gasteiger partial charge on any atom is -0.503 e. The molecule has 1 amide bonds. The van der Waals surface area contributed by atoms with Gasteiger partial charge in [-0.1, -0.05) is 38.0 Å². The number of Topliss-reactive ketones (excluding diaryl/α,β-unsaturated/α-hetero) is 1. The number of fused-ring (bicyclic) bond motifs is 1. The molecule has 202 valence electrons. The molecule has 1 N–H and O–H groups in total. The monoisotopic (exact) mass is 548 g/mol. The molecule has 0 spiro atoms. The molecule has 0 fully saturated rings. The molecule has 9 nitrogen and oxygen atoms in total. The van der Waals surface area contributed by atoms with E-state index in [9.17, 15) is 14.7 Å². The number of ether oxygens (including phenoxy) is 3. The Balaban J connectivity index is 1.58. The fourth-order valence-electron chi connectivity index (χ4n) is 4.63. The van der Waals surface area contributed by atoms with Crippen LogP contribution in [0.1, 0.15) is 48.3 Å². The fourth-order valence-corrected chi connectivity index (χ4v) is 5.30. The number of thiazole rings is 1. The second kappa shape index (κ2) is 11.2. The van der Waals surface area contributed by atoms with E-state index in [0.717, 1.165) is 19.3 Å². The quantitative estimate of drug-likeness (QED) is 0.173. The first-order chi connectivity index (χ1) is 19.0. The number of nitrogens with zero attached hydrogens (tertiary/aromatic N) is 2. The van der Waals surface area contributed by atoms with E-state index in [4.69, 9.17) is 18.6 Å². The highest BCUT2D eigenvalue weighted by Crippen LogP contribution is 2.45. The molecule has 1 aliphatic heterocycles. The standard InChI is InChI=1S/C29H28N2O7S/c1-4-5-6-13-37-19-11-10-17(15-21(19)36-3)24-23(26(33)28(34)31(24)29-30-12-14-39-29)25(32)22-16-18-8-7-9-20(35-2)27(18)38-22/h7-12,14-16,24,33H,4-6,13H2,1-3H3. The molecule has 0 saturated carbocycles. The summed E-state index contributed by atoms with van der Waals surface area (Å²) in [6.07, 6.45) is 4.59. The zero-order valence-corrected chi connectivity index (χ0v) is 22.6. The molecule has 4 aromatic rings. The van der Waals surface area contributed by atoms with Gasteiger partial charge in [-0.15, -0.1) is 11.3 Å². The Morgan fingerprint density at radius 3 is 2.64 bits per heavy atom. The lowest BCUT2D eigenvalue weighted by Gasteiger charge is -2.25. The van der Waals surface area contributed by atoms with Gasteiger partial charge in [0, 0.05) is 17.0 Å². The lowest BCUT2D eigenvalue weighted by Crippen LogP contribution is -2.31. The Bertz CT molecular complexity index is 1540. The van der Waals surface area contributed by atoms with Crippen molar-refractivity contribution in [3.05, 3.63) is 76.7 Å². The van der Waals surface area contributed by atoms with Crippen molar-refractivity contribution in [3.8, 4) is 17.2 Å². The van der Waals surface area contributed by atoms with E-state index in [1.165, 1.54) is 30.5 Å². The number of aliphatic hydroxyl groups is 1. The van der Waals surface area contributed by atoms with E-state index in [1.54, 1.807) is 54.0 Å². The summed E-state index contributed by atoms with van der Waals surface area (Å²) in [6, 6.07) is 11.1. The van der Waals surface area contributed by atoms with Gasteiger partial charge >= 0.3 is 0 Å². The molecule has 0 saturated heterocycles. The smallest absolute Gasteiger partial charge is 0.296 e. The summed E-state index contributed by atoms with van der Waals surface area (Å²) in [6.45, 7) is 2.66. The minimum absolute atomic E-state index is 0.0299. The van der Waals surface area contributed by atoms with E-state index in [1.807, 2.05) is 0 Å². The van der Waals surface area contributed by atoms with Crippen LogP contribution in [0.15, 0.2) is 69.8 Å². The molecule has 0 bridgehead atoms. The number of methoxy groups -OCH3 is 2. The Kier molecular flexibility index (Phi) is 7.56. The van der Waals surface area contributed by atoms with Crippen LogP contribution >= 0.6 is 11.3 Å². The maximum absolute atomic E-state index is 13.9. The minimum atomic E-state index is -0.978. The van der Waals surface area contributed by atoms with Crippen LogP contribution in [-0.4, -0.2) is 42.6 Å². The third-order valence-corrected chi connectivity index (χ3v) is 7.31. The summed E-state index contributed by atoms with van der Waals surface area (Å²) in [5.41, 5.74) is 0.816. The summed E-state index contributed by atoms with van der Waals surface area (Å²) >= 11 is 1.22. The van der Waals surface area contributed by atoms with Crippen LogP contribution in [-0.2, 0) is 4.79 Å². The number of rotatable bonds is 11. The maximum Gasteiger partial charge on any atom is 0.296 e. The van der Waals surface area contributed by atoms with Crippen LogP contribution < -0.4 is 19.1 Å². The molecule has 1 aliphatic rings. The van der Waals surface area contributed by atoms with Crippen molar-refractivity contribution in [2.45, 2.75) is 32.2 Å². The molecule has 39 heavy (non-hydrogen) atoms. The molecule has 1 atom stereocenters. The third kappa shape index (κ3) is 4.83. The summed E-state index contributed by atoms with van der Waals surface area (Å²) in [5, 5.41) is 13.7. The average molecular weight is 549 g/mol. The predicted octanol–water partition coefficient (Wildman–Crippen LogP) is 6.26. The van der Waals surface area contributed by atoms with Gasteiger partial charge < -0.3 is 23.7 Å². The van der Waals surface area contributed by atoms with Crippen LogP contribution in [0.25, 0.3) is 11.0 Å². The van der Waals surface area contributed by atoms with Gasteiger partial charge in [0.25, 0.3) is 5.91 Å². The average Bonchev–Trinajstić information content (AvgIpc) is 3.69. The molecule has 5 rings (SSSR count). The number of amides is 1. The van der Waals surface area contributed by atoms with Gasteiger partial charge in [0.1, 0.15) is 0 Å². The maximum atomic E-state index is 13.9. The van der Waals surface area contributed by atoms with Crippen molar-refractivity contribution in [2.75, 3.05) is 25.7 Å². The van der Waals surface area contributed by atoms with Crippen molar-refractivity contribution in [1.29, 1.82) is 0 Å². The Morgan fingerprint density at radius 1 is 1.10 bits per heavy atom. The zero-order valence-electron chi connectivity index (χ0n) is 21.8. The van der Waals surface area contributed by atoms with E-state index in [0.29, 0.717) is 45.5 Å². The Labute approximate surface area is 229 Å². The number of carbonyl (C=O) groups is 2. The topological polar surface area (TPSA) is 111 Å². The highest BCUT2D eigenvalue weighted by atomic mass is 32.1. The molecular formula is C29H28N2O7S. The number of ketones is 1. The van der Waals surface area contributed by atoms with Crippen molar-refractivity contribution in [3.63, 3.8) is 0 Å². The van der Waals surface area contributed by atoms with Gasteiger partial charge in [0.05, 0.1) is 32.4 Å². The Hall–Kier alpha value is -4.31. The van der Waals surface area contributed by atoms with Gasteiger partial charge in [0.15, 0.2) is 39.5 Å². The summed E-state index contributed by atoms with van der Waals surface area (Å²) < 4.78 is 22.7. The first kappa shape index (κ1) is 26.3. The number of anilines is 1. The highest BCUT2D eigenvalue weighted by molar-refractivity contribution is 7.13. The molecule has 2 aromatic heterocycles. The summed E-state index contributed by atoms with van der Waals surface area (Å²) in [5.74, 6) is -0.584. The lowest BCUT2D eigenvalue weighted by atomic mass is 9.95. The molecule has 3 heterocycles. The lowest BCUT2D eigenvalue weighted by molar-refractivity contribution is -0.117. The SMILES string of the molecule is CCCCCOc1ccc(C2C(C(=O)c3cc4cccc(OC)c4o3)=C(O)C(=O)N2c2nccs2)cc1OC. The number of furan rings is 1. The number of aliphatic hydroxyl groups excluding tert-OH is 1. The van der Waals surface area contributed by atoms with Crippen molar-refractivity contribution in [1.82, 2.24) is 4.98 Å². The normalized spacial score (nSPS) is 15.3. The molecule has 0 aliphatic carbocycles. The van der Waals surface area contributed by atoms with E-state index < -0.39 is 23.5 Å². The van der Waals surface area contributed by atoms with Crippen LogP contribution in [0.5, 0.6) is 17.2 Å². The molecule has 1 unspecified atom stereocenters. The molecule has 0 radical (unpaired) electrons. The number of aromatic nitrogens is 1. The second-order valence-corrected chi connectivity index (χ2v) is 9.81. The van der Waals surface area contributed by atoms with Gasteiger partial charge in [0.2, 0.25) is 5.78 Å². The van der Waals surface area contributed by atoms with E-state index in [2.05, 4.69) is 11.9 Å². The van der Waals surface area contributed by atoms with Gasteiger partial charge in [-0.3, -0.25) is 14.5 Å². The first-order valence-electron chi connectivity index (χ1n) is 12.6. The fraction of sp³-hybridized carbons (Fsp3) is 0.276. The third-order valence-electron chi connectivity index (χ3n) is 6.54. The predicted molar refractivity (Wildman–Crippen MR) is 147 cm³/mol.